The summed E-state index contributed by atoms with van der Waals surface area (Å²) in [6.45, 7) is 0.368. The summed E-state index contributed by atoms with van der Waals surface area (Å²) in [7, 11) is 1.21. The van der Waals surface area contributed by atoms with E-state index >= 15 is 0 Å². The van der Waals surface area contributed by atoms with Crippen LogP contribution in [0.15, 0.2) is 47.5 Å². The average Bonchev–Trinajstić information content (AvgIpc) is 2.60. The molecule has 0 saturated heterocycles. The zero-order valence-electron chi connectivity index (χ0n) is 12.7. The van der Waals surface area contributed by atoms with Gasteiger partial charge in [-0.1, -0.05) is 12.1 Å². The number of nitro benzene ring substituents is 1. The lowest BCUT2D eigenvalue weighted by Gasteiger charge is -2.11. The molecule has 1 N–H and O–H groups in total. The number of esters is 1. The predicted molar refractivity (Wildman–Crippen MR) is 86.0 cm³/mol. The van der Waals surface area contributed by atoms with Crippen LogP contribution in [0.5, 0.6) is 0 Å². The summed E-state index contributed by atoms with van der Waals surface area (Å²) in [6, 6.07) is 10.7. The second kappa shape index (κ2) is 7.66. The molecule has 2 aromatic rings. The van der Waals surface area contributed by atoms with Gasteiger partial charge >= 0.3 is 5.97 Å². The number of nitrogens with zero attached hydrogens (tertiary/aromatic N) is 2. The van der Waals surface area contributed by atoms with E-state index in [1.165, 1.54) is 25.3 Å². The number of nitrogens with one attached hydrogen (secondary N) is 1. The molecule has 0 fully saturated rings. The highest BCUT2D eigenvalue weighted by Gasteiger charge is 2.17. The summed E-state index contributed by atoms with van der Waals surface area (Å²) in [4.78, 5) is 35.7. The Morgan fingerprint density at radius 3 is 2.58 bits per heavy atom. The molecule has 0 aliphatic heterocycles. The first-order chi connectivity index (χ1) is 11.5. The van der Waals surface area contributed by atoms with Crippen LogP contribution in [0.2, 0.25) is 0 Å². The monoisotopic (exact) mass is 327 g/mol. The normalized spacial score (nSPS) is 9.71. The molecule has 0 spiro atoms. The topological polar surface area (TPSA) is 111 Å². The molecule has 0 aromatic heterocycles. The van der Waals surface area contributed by atoms with Gasteiger partial charge < -0.3 is 10.1 Å². The average molecular weight is 327 g/mol. The molecule has 2 aromatic carbocycles. The molecule has 0 aliphatic carbocycles. The van der Waals surface area contributed by atoms with E-state index in [1.54, 1.807) is 24.3 Å². The number of rotatable bonds is 6. The first kappa shape index (κ1) is 16.9. The lowest BCUT2D eigenvalue weighted by molar-refractivity contribution is -0.384. The number of benzene rings is 2. The molecule has 0 unspecified atom stereocenters. The number of carbonyl (C=O) groups is 1. The zero-order valence-corrected chi connectivity index (χ0v) is 12.7. The third-order valence-corrected chi connectivity index (χ3v) is 3.21. The molecule has 0 bridgehead atoms. The Morgan fingerprint density at radius 1 is 1.29 bits per heavy atom. The van der Waals surface area contributed by atoms with Crippen LogP contribution in [0.25, 0.3) is 0 Å². The second-order valence-corrected chi connectivity index (χ2v) is 4.70. The molecule has 8 heteroatoms. The van der Waals surface area contributed by atoms with Crippen molar-refractivity contribution in [3.63, 3.8) is 0 Å². The molecular formula is C16H13N3O5. The quantitative estimate of drug-likeness (QED) is 0.287. The highest BCUT2D eigenvalue weighted by Crippen LogP contribution is 2.24. The fraction of sp³-hybridized carbons (Fsp3) is 0.125. The summed E-state index contributed by atoms with van der Waals surface area (Å²) >= 11 is 0. The molecule has 0 amide bonds. The zero-order chi connectivity index (χ0) is 17.5. The summed E-state index contributed by atoms with van der Waals surface area (Å²) < 4.78 is 4.66. The van der Waals surface area contributed by atoms with Crippen molar-refractivity contribution >= 4 is 29.1 Å². The standard InChI is InChI=1S/C16H13N3O5/c1-24-16(21)14-8-13(19(22)23)6-7-15(14)17-9-11-2-4-12(5-3-11)18-10-20/h2-8,17H,9H2,1H3. The number of isocyanates is 1. The van der Waals surface area contributed by atoms with E-state index in [0.29, 0.717) is 17.9 Å². The van der Waals surface area contributed by atoms with Crippen LogP contribution in [-0.4, -0.2) is 24.1 Å². The number of hydrogen-bond donors (Lipinski definition) is 1. The van der Waals surface area contributed by atoms with Crippen LogP contribution in [0.3, 0.4) is 0 Å². The van der Waals surface area contributed by atoms with E-state index in [9.17, 15) is 19.7 Å². The number of non-ortho nitro benzene ring substituents is 1. The van der Waals surface area contributed by atoms with Gasteiger partial charge in [-0.3, -0.25) is 10.1 Å². The molecule has 0 heterocycles. The van der Waals surface area contributed by atoms with Gasteiger partial charge in [0.05, 0.1) is 23.3 Å². The van der Waals surface area contributed by atoms with Gasteiger partial charge in [0.1, 0.15) is 0 Å². The Labute approximate surface area is 136 Å². The SMILES string of the molecule is COC(=O)c1cc([N+](=O)[O-])ccc1NCc1ccc(N=C=O)cc1. The van der Waals surface area contributed by atoms with Gasteiger partial charge in [-0.2, -0.15) is 4.99 Å². The van der Waals surface area contributed by atoms with Crippen molar-refractivity contribution < 1.29 is 19.2 Å². The summed E-state index contributed by atoms with van der Waals surface area (Å²) in [6.07, 6.45) is 1.46. The lowest BCUT2D eigenvalue weighted by atomic mass is 10.1. The molecular weight excluding hydrogens is 314 g/mol. The molecule has 2 rings (SSSR count). The van der Waals surface area contributed by atoms with Crippen molar-refractivity contribution in [2.45, 2.75) is 6.54 Å². The molecule has 0 saturated carbocycles. The van der Waals surface area contributed by atoms with Crippen molar-refractivity contribution in [1.82, 2.24) is 0 Å². The molecule has 122 valence electrons. The van der Waals surface area contributed by atoms with Crippen LogP contribution in [0.4, 0.5) is 17.1 Å². The number of aliphatic imine (C=N–C) groups is 1. The highest BCUT2D eigenvalue weighted by atomic mass is 16.6. The van der Waals surface area contributed by atoms with Crippen molar-refractivity contribution in [2.24, 2.45) is 4.99 Å². The van der Waals surface area contributed by atoms with E-state index in [-0.39, 0.29) is 11.3 Å². The number of carbonyl (C=O) groups excluding carboxylic acids is 2. The maximum Gasteiger partial charge on any atom is 0.340 e. The van der Waals surface area contributed by atoms with Crippen molar-refractivity contribution in [1.29, 1.82) is 0 Å². The Balaban J connectivity index is 2.20. The third kappa shape index (κ3) is 4.02. The first-order valence-electron chi connectivity index (χ1n) is 6.82. The first-order valence-corrected chi connectivity index (χ1v) is 6.82. The fourth-order valence-electron chi connectivity index (χ4n) is 2.02. The maximum absolute atomic E-state index is 11.8. The van der Waals surface area contributed by atoms with Gasteiger partial charge in [-0.05, 0) is 23.8 Å². The Morgan fingerprint density at radius 2 is 2.00 bits per heavy atom. The molecule has 0 radical (unpaired) electrons. The summed E-state index contributed by atoms with van der Waals surface area (Å²) in [5.41, 5.74) is 1.65. The van der Waals surface area contributed by atoms with Gasteiger partial charge in [-0.15, -0.1) is 0 Å². The number of hydrogen-bond acceptors (Lipinski definition) is 7. The Bertz CT molecular complexity index is 811. The summed E-state index contributed by atoms with van der Waals surface area (Å²) in [5.74, 6) is -0.670. The van der Waals surface area contributed by atoms with Crippen LogP contribution in [0, 0.1) is 10.1 Å². The highest BCUT2D eigenvalue weighted by molar-refractivity contribution is 5.96. The minimum absolute atomic E-state index is 0.0777. The van der Waals surface area contributed by atoms with Crippen molar-refractivity contribution in [3.8, 4) is 0 Å². The molecule has 0 atom stereocenters. The smallest absolute Gasteiger partial charge is 0.340 e. The third-order valence-electron chi connectivity index (χ3n) is 3.21. The van der Waals surface area contributed by atoms with E-state index in [2.05, 4.69) is 15.0 Å². The van der Waals surface area contributed by atoms with Gasteiger partial charge in [0.25, 0.3) is 5.69 Å². The lowest BCUT2D eigenvalue weighted by Crippen LogP contribution is -2.09. The Hall–Kier alpha value is -3.51. The van der Waals surface area contributed by atoms with Crippen LogP contribution >= 0.6 is 0 Å². The largest absolute Gasteiger partial charge is 0.465 e. The van der Waals surface area contributed by atoms with Crippen LogP contribution in [0.1, 0.15) is 15.9 Å². The van der Waals surface area contributed by atoms with E-state index in [0.717, 1.165) is 11.6 Å². The molecule has 24 heavy (non-hydrogen) atoms. The Kier molecular flexibility index (Phi) is 5.38. The van der Waals surface area contributed by atoms with E-state index in [4.69, 9.17) is 0 Å². The van der Waals surface area contributed by atoms with Gasteiger partial charge in [0, 0.05) is 24.4 Å². The number of nitro groups is 1. The maximum atomic E-state index is 11.8. The number of anilines is 1. The van der Waals surface area contributed by atoms with Gasteiger partial charge in [-0.25, -0.2) is 9.59 Å². The van der Waals surface area contributed by atoms with Gasteiger partial charge in [0.2, 0.25) is 6.08 Å². The van der Waals surface area contributed by atoms with Crippen LogP contribution < -0.4 is 5.32 Å². The summed E-state index contributed by atoms with van der Waals surface area (Å²) in [5, 5.41) is 13.9. The molecule has 8 nitrogen and oxygen atoms in total. The van der Waals surface area contributed by atoms with Crippen molar-refractivity contribution in [2.75, 3.05) is 12.4 Å². The van der Waals surface area contributed by atoms with E-state index in [1.807, 2.05) is 0 Å². The van der Waals surface area contributed by atoms with Crippen molar-refractivity contribution in [3.05, 3.63) is 63.7 Å². The number of methoxy groups -OCH3 is 1. The van der Waals surface area contributed by atoms with Gasteiger partial charge in [0.15, 0.2) is 0 Å². The molecule has 0 aliphatic rings. The second-order valence-electron chi connectivity index (χ2n) is 4.70. The van der Waals surface area contributed by atoms with E-state index < -0.39 is 10.9 Å². The fourth-order valence-corrected chi connectivity index (χ4v) is 2.02. The minimum atomic E-state index is -0.670. The predicted octanol–water partition coefficient (Wildman–Crippen LogP) is 2.96. The minimum Gasteiger partial charge on any atom is -0.465 e. The van der Waals surface area contributed by atoms with Crippen LogP contribution in [-0.2, 0) is 16.1 Å². The number of ether oxygens (including phenoxy) is 1.